The number of nitrogens with zero attached hydrogens (tertiary/aromatic N) is 3. The molecule has 25 heavy (non-hydrogen) atoms. The summed E-state index contributed by atoms with van der Waals surface area (Å²) in [6, 6.07) is 14.6. The Morgan fingerprint density at radius 3 is 2.72 bits per heavy atom. The SMILES string of the molecule is Cc1ccc(NC(=O)Cn2cc([C@@H](C)c3ccccc3)nn2)c(F)c1. The number of hydrogen-bond acceptors (Lipinski definition) is 3. The zero-order valence-electron chi connectivity index (χ0n) is 14.1. The van der Waals surface area contributed by atoms with E-state index in [9.17, 15) is 9.18 Å². The van der Waals surface area contributed by atoms with Crippen LogP contribution in [0.5, 0.6) is 0 Å². The van der Waals surface area contributed by atoms with Crippen molar-refractivity contribution in [3.63, 3.8) is 0 Å². The molecule has 128 valence electrons. The van der Waals surface area contributed by atoms with Gasteiger partial charge in [-0.25, -0.2) is 9.07 Å². The molecule has 5 nitrogen and oxygen atoms in total. The number of carbonyl (C=O) groups is 1. The number of aromatic nitrogens is 3. The van der Waals surface area contributed by atoms with Gasteiger partial charge < -0.3 is 5.32 Å². The lowest BCUT2D eigenvalue weighted by molar-refractivity contribution is -0.116. The summed E-state index contributed by atoms with van der Waals surface area (Å²) in [5, 5.41) is 10.7. The van der Waals surface area contributed by atoms with E-state index in [1.807, 2.05) is 37.3 Å². The van der Waals surface area contributed by atoms with E-state index >= 15 is 0 Å². The van der Waals surface area contributed by atoms with E-state index in [0.717, 1.165) is 16.8 Å². The Bertz CT molecular complexity index is 876. The summed E-state index contributed by atoms with van der Waals surface area (Å²) in [6.07, 6.45) is 1.74. The lowest BCUT2D eigenvalue weighted by atomic mass is 9.99. The fraction of sp³-hybridized carbons (Fsp3) is 0.211. The van der Waals surface area contributed by atoms with Gasteiger partial charge in [0.15, 0.2) is 0 Å². The van der Waals surface area contributed by atoms with E-state index in [0.29, 0.717) is 0 Å². The normalized spacial score (nSPS) is 12.0. The van der Waals surface area contributed by atoms with Crippen LogP contribution in [0, 0.1) is 12.7 Å². The molecule has 3 rings (SSSR count). The van der Waals surface area contributed by atoms with Crippen molar-refractivity contribution in [2.24, 2.45) is 0 Å². The minimum atomic E-state index is -0.453. The predicted octanol–water partition coefficient (Wildman–Crippen LogP) is 3.52. The molecule has 1 heterocycles. The molecule has 0 spiro atoms. The Balaban J connectivity index is 1.66. The van der Waals surface area contributed by atoms with Gasteiger partial charge in [-0.2, -0.15) is 0 Å². The molecule has 0 radical (unpaired) electrons. The van der Waals surface area contributed by atoms with Crippen molar-refractivity contribution in [1.82, 2.24) is 15.0 Å². The molecule has 0 aliphatic carbocycles. The highest BCUT2D eigenvalue weighted by atomic mass is 19.1. The highest BCUT2D eigenvalue weighted by Crippen LogP contribution is 2.21. The van der Waals surface area contributed by atoms with Crippen molar-refractivity contribution >= 4 is 11.6 Å². The van der Waals surface area contributed by atoms with Gasteiger partial charge in [-0.15, -0.1) is 5.10 Å². The first-order chi connectivity index (χ1) is 12.0. The van der Waals surface area contributed by atoms with Gasteiger partial charge in [0.05, 0.1) is 11.4 Å². The predicted molar refractivity (Wildman–Crippen MR) is 93.7 cm³/mol. The Hall–Kier alpha value is -3.02. The van der Waals surface area contributed by atoms with Crippen LogP contribution in [0.4, 0.5) is 10.1 Å². The van der Waals surface area contributed by atoms with E-state index < -0.39 is 5.82 Å². The van der Waals surface area contributed by atoms with Crippen LogP contribution in [0.15, 0.2) is 54.7 Å². The monoisotopic (exact) mass is 338 g/mol. The van der Waals surface area contributed by atoms with Crippen LogP contribution < -0.4 is 5.32 Å². The fourth-order valence-corrected chi connectivity index (χ4v) is 2.56. The number of benzene rings is 2. The first-order valence-corrected chi connectivity index (χ1v) is 8.04. The maximum absolute atomic E-state index is 13.8. The summed E-state index contributed by atoms with van der Waals surface area (Å²) < 4.78 is 15.3. The second kappa shape index (κ2) is 7.25. The number of rotatable bonds is 5. The molecule has 0 aliphatic rings. The molecule has 0 unspecified atom stereocenters. The maximum Gasteiger partial charge on any atom is 0.246 e. The maximum atomic E-state index is 13.8. The van der Waals surface area contributed by atoms with E-state index in [-0.39, 0.29) is 24.1 Å². The van der Waals surface area contributed by atoms with Gasteiger partial charge >= 0.3 is 0 Å². The average Bonchev–Trinajstić information content (AvgIpc) is 3.06. The average molecular weight is 338 g/mol. The Kier molecular flexibility index (Phi) is 4.88. The van der Waals surface area contributed by atoms with Gasteiger partial charge in [-0.1, -0.05) is 48.5 Å². The molecule has 0 saturated carbocycles. The summed E-state index contributed by atoms with van der Waals surface area (Å²) >= 11 is 0. The Morgan fingerprint density at radius 2 is 2.00 bits per heavy atom. The van der Waals surface area contributed by atoms with E-state index in [4.69, 9.17) is 0 Å². The van der Waals surface area contributed by atoms with Gasteiger partial charge in [0.1, 0.15) is 12.4 Å². The van der Waals surface area contributed by atoms with Crippen LogP contribution in [0.1, 0.15) is 29.7 Å². The molecule has 1 atom stereocenters. The van der Waals surface area contributed by atoms with Gasteiger partial charge in [0, 0.05) is 12.1 Å². The van der Waals surface area contributed by atoms with Crippen molar-refractivity contribution in [2.45, 2.75) is 26.3 Å². The number of amides is 1. The number of halogens is 1. The van der Waals surface area contributed by atoms with E-state index in [2.05, 4.69) is 15.6 Å². The van der Waals surface area contributed by atoms with Crippen LogP contribution in [-0.2, 0) is 11.3 Å². The smallest absolute Gasteiger partial charge is 0.246 e. The largest absolute Gasteiger partial charge is 0.322 e. The quantitative estimate of drug-likeness (QED) is 0.774. The van der Waals surface area contributed by atoms with Crippen LogP contribution in [-0.4, -0.2) is 20.9 Å². The second-order valence-corrected chi connectivity index (χ2v) is 6.00. The van der Waals surface area contributed by atoms with Crippen LogP contribution in [0.2, 0.25) is 0 Å². The lowest BCUT2D eigenvalue weighted by Crippen LogP contribution is -2.19. The van der Waals surface area contributed by atoms with Crippen LogP contribution in [0.25, 0.3) is 0 Å². The van der Waals surface area contributed by atoms with Crippen molar-refractivity contribution < 1.29 is 9.18 Å². The number of hydrogen-bond donors (Lipinski definition) is 1. The molecule has 3 aromatic rings. The summed E-state index contributed by atoms with van der Waals surface area (Å²) in [5.74, 6) is -0.732. The molecular formula is C19H19FN4O. The molecule has 0 bridgehead atoms. The van der Waals surface area contributed by atoms with E-state index in [1.165, 1.54) is 10.7 Å². The third kappa shape index (κ3) is 4.09. The van der Waals surface area contributed by atoms with Crippen LogP contribution >= 0.6 is 0 Å². The standard InChI is InChI=1S/C19H19FN4O/c1-13-8-9-17(16(20)10-13)21-19(25)12-24-11-18(22-23-24)14(2)15-6-4-3-5-7-15/h3-11,14H,12H2,1-2H3,(H,21,25)/t14-/m0/s1. The Morgan fingerprint density at radius 1 is 1.24 bits per heavy atom. The molecule has 2 aromatic carbocycles. The van der Waals surface area contributed by atoms with Crippen molar-refractivity contribution in [3.05, 3.63) is 77.4 Å². The van der Waals surface area contributed by atoms with Gasteiger partial charge in [0.25, 0.3) is 0 Å². The molecule has 0 aliphatic heterocycles. The topological polar surface area (TPSA) is 59.8 Å². The van der Waals surface area contributed by atoms with Crippen molar-refractivity contribution in [3.8, 4) is 0 Å². The summed E-state index contributed by atoms with van der Waals surface area (Å²) in [4.78, 5) is 12.1. The Labute approximate surface area is 145 Å². The number of nitrogens with one attached hydrogen (secondary N) is 1. The van der Waals surface area contributed by atoms with E-state index in [1.54, 1.807) is 25.3 Å². The fourth-order valence-electron chi connectivity index (χ4n) is 2.56. The van der Waals surface area contributed by atoms with Crippen molar-refractivity contribution in [2.75, 3.05) is 5.32 Å². The summed E-state index contributed by atoms with van der Waals surface area (Å²) in [6.45, 7) is 3.80. The lowest BCUT2D eigenvalue weighted by Gasteiger charge is -2.08. The molecule has 1 aromatic heterocycles. The molecule has 6 heteroatoms. The van der Waals surface area contributed by atoms with Crippen LogP contribution in [0.3, 0.4) is 0 Å². The molecule has 1 N–H and O–H groups in total. The number of aryl methyl sites for hydroxylation is 1. The van der Waals surface area contributed by atoms with Gasteiger partial charge in [-0.3, -0.25) is 4.79 Å². The molecule has 0 fully saturated rings. The van der Waals surface area contributed by atoms with Crippen molar-refractivity contribution in [1.29, 1.82) is 0 Å². The third-order valence-corrected chi connectivity index (χ3v) is 4.00. The molecular weight excluding hydrogens is 319 g/mol. The summed E-state index contributed by atoms with van der Waals surface area (Å²) in [7, 11) is 0. The number of carbonyl (C=O) groups excluding carboxylic acids is 1. The number of anilines is 1. The first-order valence-electron chi connectivity index (χ1n) is 8.04. The minimum Gasteiger partial charge on any atom is -0.322 e. The van der Waals surface area contributed by atoms with Gasteiger partial charge in [-0.05, 0) is 30.2 Å². The zero-order valence-corrected chi connectivity index (χ0v) is 14.1. The summed E-state index contributed by atoms with van der Waals surface area (Å²) in [5.41, 5.74) is 2.86. The third-order valence-electron chi connectivity index (χ3n) is 4.00. The van der Waals surface area contributed by atoms with Gasteiger partial charge in [0.2, 0.25) is 5.91 Å². The zero-order chi connectivity index (χ0) is 17.8. The molecule has 1 amide bonds. The highest BCUT2D eigenvalue weighted by Gasteiger charge is 2.14. The highest BCUT2D eigenvalue weighted by molar-refractivity contribution is 5.90. The minimum absolute atomic E-state index is 0.0260. The first kappa shape index (κ1) is 16.8. The molecule has 0 saturated heterocycles. The second-order valence-electron chi connectivity index (χ2n) is 6.00.